The summed E-state index contributed by atoms with van der Waals surface area (Å²) < 4.78 is 38.0. The second-order valence-electron chi connectivity index (χ2n) is 5.24. The summed E-state index contributed by atoms with van der Waals surface area (Å²) in [7, 11) is 1.46. The number of amides is 1. The van der Waals surface area contributed by atoms with Crippen molar-refractivity contribution in [3.63, 3.8) is 0 Å². The SMILES string of the molecule is CN(Cc1nc2ccsc2c(=O)[nH]1)C(=O)c1ccc(C(F)(F)F)nc1. The summed E-state index contributed by atoms with van der Waals surface area (Å²) >= 11 is 1.26. The highest BCUT2D eigenvalue weighted by atomic mass is 32.1. The molecule has 3 aromatic rings. The van der Waals surface area contributed by atoms with Gasteiger partial charge in [-0.25, -0.2) is 4.98 Å². The summed E-state index contributed by atoms with van der Waals surface area (Å²) in [4.78, 5) is 35.5. The Bertz CT molecular complexity index is 979. The van der Waals surface area contributed by atoms with Crippen LogP contribution in [0.4, 0.5) is 13.2 Å². The molecule has 3 heterocycles. The van der Waals surface area contributed by atoms with Crippen molar-refractivity contribution in [1.82, 2.24) is 19.9 Å². The van der Waals surface area contributed by atoms with E-state index in [-0.39, 0.29) is 23.5 Å². The molecule has 3 rings (SSSR count). The molecule has 0 unspecified atom stereocenters. The van der Waals surface area contributed by atoms with Gasteiger partial charge in [-0.15, -0.1) is 11.3 Å². The average Bonchev–Trinajstić information content (AvgIpc) is 3.02. The van der Waals surface area contributed by atoms with E-state index in [1.165, 1.54) is 23.3 Å². The molecule has 0 spiro atoms. The van der Waals surface area contributed by atoms with Gasteiger partial charge in [-0.2, -0.15) is 13.2 Å². The Labute approximate surface area is 143 Å². The number of pyridine rings is 1. The van der Waals surface area contributed by atoms with Crippen molar-refractivity contribution in [1.29, 1.82) is 0 Å². The van der Waals surface area contributed by atoms with Crippen molar-refractivity contribution in [2.45, 2.75) is 12.7 Å². The summed E-state index contributed by atoms with van der Waals surface area (Å²) in [6.45, 7) is 0.000875. The van der Waals surface area contributed by atoms with E-state index in [1.807, 2.05) is 0 Å². The van der Waals surface area contributed by atoms with Crippen molar-refractivity contribution >= 4 is 27.5 Å². The first kappa shape index (κ1) is 17.1. The lowest BCUT2D eigenvalue weighted by molar-refractivity contribution is -0.141. The van der Waals surface area contributed by atoms with Gasteiger partial charge in [-0.1, -0.05) is 0 Å². The third-order valence-electron chi connectivity index (χ3n) is 3.40. The molecule has 0 saturated heterocycles. The Morgan fingerprint density at radius 1 is 1.32 bits per heavy atom. The van der Waals surface area contributed by atoms with Gasteiger partial charge in [0.2, 0.25) is 0 Å². The first-order valence-corrected chi connectivity index (χ1v) is 7.89. The predicted octanol–water partition coefficient (Wildman–Crippen LogP) is 2.67. The van der Waals surface area contributed by atoms with E-state index >= 15 is 0 Å². The molecule has 1 N–H and O–H groups in total. The maximum atomic E-state index is 12.5. The number of rotatable bonds is 3. The first-order valence-electron chi connectivity index (χ1n) is 7.01. The summed E-state index contributed by atoms with van der Waals surface area (Å²) in [5, 5.41) is 1.74. The molecular formula is C15H11F3N4O2S. The number of aromatic amines is 1. The molecule has 3 aromatic heterocycles. The van der Waals surface area contributed by atoms with E-state index in [2.05, 4.69) is 15.0 Å². The number of nitrogens with zero attached hydrogens (tertiary/aromatic N) is 3. The van der Waals surface area contributed by atoms with Crippen LogP contribution in [0.2, 0.25) is 0 Å². The maximum Gasteiger partial charge on any atom is 0.433 e. The van der Waals surface area contributed by atoms with Gasteiger partial charge in [-0.05, 0) is 23.6 Å². The fraction of sp³-hybridized carbons (Fsp3) is 0.200. The van der Waals surface area contributed by atoms with Crippen LogP contribution in [0.1, 0.15) is 21.9 Å². The van der Waals surface area contributed by atoms with Crippen LogP contribution in [0, 0.1) is 0 Å². The molecule has 0 aliphatic heterocycles. The van der Waals surface area contributed by atoms with E-state index < -0.39 is 17.8 Å². The van der Waals surface area contributed by atoms with Gasteiger partial charge in [0.15, 0.2) is 0 Å². The van der Waals surface area contributed by atoms with Gasteiger partial charge in [0.25, 0.3) is 11.5 Å². The molecular weight excluding hydrogens is 357 g/mol. The van der Waals surface area contributed by atoms with Crippen LogP contribution < -0.4 is 5.56 Å². The van der Waals surface area contributed by atoms with Crippen molar-refractivity contribution < 1.29 is 18.0 Å². The van der Waals surface area contributed by atoms with E-state index in [0.717, 1.165) is 18.3 Å². The number of thiophene rings is 1. The summed E-state index contributed by atoms with van der Waals surface area (Å²) in [5.74, 6) is -0.249. The topological polar surface area (TPSA) is 79.0 Å². The zero-order chi connectivity index (χ0) is 18.2. The number of nitrogens with one attached hydrogen (secondary N) is 1. The Morgan fingerprint density at radius 2 is 2.08 bits per heavy atom. The maximum absolute atomic E-state index is 12.5. The molecule has 130 valence electrons. The quantitative estimate of drug-likeness (QED) is 0.771. The molecule has 25 heavy (non-hydrogen) atoms. The summed E-state index contributed by atoms with van der Waals surface area (Å²) in [5.41, 5.74) is -0.831. The number of halogens is 3. The van der Waals surface area contributed by atoms with Crippen LogP contribution in [0.15, 0.2) is 34.6 Å². The van der Waals surface area contributed by atoms with Crippen LogP contribution in [0.25, 0.3) is 10.2 Å². The van der Waals surface area contributed by atoms with Crippen LogP contribution in [-0.2, 0) is 12.7 Å². The zero-order valence-electron chi connectivity index (χ0n) is 12.8. The molecule has 0 bridgehead atoms. The summed E-state index contributed by atoms with van der Waals surface area (Å²) in [6.07, 6.45) is -3.69. The normalized spacial score (nSPS) is 11.7. The minimum absolute atomic E-state index is 0.000875. The number of carbonyl (C=O) groups excluding carboxylic acids is 1. The van der Waals surface area contributed by atoms with Crippen molar-refractivity contribution in [2.24, 2.45) is 0 Å². The molecule has 0 fully saturated rings. The fourth-order valence-electron chi connectivity index (χ4n) is 2.20. The van der Waals surface area contributed by atoms with Crippen LogP contribution in [0.3, 0.4) is 0 Å². The monoisotopic (exact) mass is 368 g/mol. The molecule has 6 nitrogen and oxygen atoms in total. The average molecular weight is 368 g/mol. The highest BCUT2D eigenvalue weighted by Gasteiger charge is 2.32. The second-order valence-corrected chi connectivity index (χ2v) is 6.15. The van der Waals surface area contributed by atoms with Gasteiger partial charge in [0.1, 0.15) is 16.2 Å². The van der Waals surface area contributed by atoms with Gasteiger partial charge < -0.3 is 9.88 Å². The molecule has 0 radical (unpaired) electrons. The van der Waals surface area contributed by atoms with Crippen molar-refractivity contribution in [2.75, 3.05) is 7.05 Å². The lowest BCUT2D eigenvalue weighted by atomic mass is 10.2. The number of aromatic nitrogens is 3. The van der Waals surface area contributed by atoms with Gasteiger partial charge in [-0.3, -0.25) is 14.6 Å². The highest BCUT2D eigenvalue weighted by Crippen LogP contribution is 2.27. The van der Waals surface area contributed by atoms with Crippen LogP contribution in [0.5, 0.6) is 0 Å². The number of hydrogen-bond acceptors (Lipinski definition) is 5. The third-order valence-corrected chi connectivity index (χ3v) is 4.30. The first-order chi connectivity index (χ1) is 11.8. The fourth-order valence-corrected chi connectivity index (χ4v) is 2.93. The Kier molecular flexibility index (Phi) is 4.29. The lowest BCUT2D eigenvalue weighted by Gasteiger charge is -2.16. The van der Waals surface area contributed by atoms with E-state index in [1.54, 1.807) is 11.4 Å². The number of fused-ring (bicyclic) bond motifs is 1. The Morgan fingerprint density at radius 3 is 2.72 bits per heavy atom. The smallest absolute Gasteiger partial charge is 0.334 e. The number of hydrogen-bond donors (Lipinski definition) is 1. The Hall–Kier alpha value is -2.75. The van der Waals surface area contributed by atoms with Crippen LogP contribution in [-0.4, -0.2) is 32.8 Å². The molecule has 0 aliphatic rings. The van der Waals surface area contributed by atoms with Gasteiger partial charge in [0.05, 0.1) is 17.6 Å². The minimum Gasteiger partial charge on any atom is -0.334 e. The molecule has 0 atom stereocenters. The second kappa shape index (κ2) is 6.28. The van der Waals surface area contributed by atoms with Crippen LogP contribution >= 0.6 is 11.3 Å². The minimum atomic E-state index is -4.56. The van der Waals surface area contributed by atoms with E-state index in [4.69, 9.17) is 0 Å². The number of alkyl halides is 3. The van der Waals surface area contributed by atoms with E-state index in [9.17, 15) is 22.8 Å². The number of carbonyl (C=O) groups is 1. The molecule has 0 saturated carbocycles. The van der Waals surface area contributed by atoms with Crippen molar-refractivity contribution in [3.05, 3.63) is 57.2 Å². The molecule has 1 amide bonds. The molecule has 10 heteroatoms. The predicted molar refractivity (Wildman–Crippen MR) is 85.3 cm³/mol. The largest absolute Gasteiger partial charge is 0.433 e. The molecule has 0 aliphatic carbocycles. The number of H-pyrrole nitrogens is 1. The Balaban J connectivity index is 1.78. The standard InChI is InChI=1S/C15H11F3N4O2S/c1-22(7-11-20-9-4-5-25-12(9)13(23)21-11)14(24)8-2-3-10(19-6-8)15(16,17)18/h2-6H,7H2,1H3,(H,20,21,23). The van der Waals surface area contributed by atoms with E-state index in [0.29, 0.717) is 10.2 Å². The summed E-state index contributed by atoms with van der Waals surface area (Å²) in [6, 6.07) is 3.51. The van der Waals surface area contributed by atoms with Crippen molar-refractivity contribution in [3.8, 4) is 0 Å². The third kappa shape index (κ3) is 3.53. The zero-order valence-corrected chi connectivity index (χ0v) is 13.6. The van der Waals surface area contributed by atoms with Gasteiger partial charge in [0, 0.05) is 13.2 Å². The van der Waals surface area contributed by atoms with Gasteiger partial charge >= 0.3 is 6.18 Å². The lowest BCUT2D eigenvalue weighted by Crippen LogP contribution is -2.28. The highest BCUT2D eigenvalue weighted by molar-refractivity contribution is 7.17. The molecule has 0 aromatic carbocycles.